The first-order valence-electron chi connectivity index (χ1n) is 9.04. The Balaban J connectivity index is 1.33. The molecule has 0 bridgehead atoms. The van der Waals surface area contributed by atoms with E-state index in [1.807, 2.05) is 23.1 Å². The molecule has 27 heavy (non-hydrogen) atoms. The molecule has 1 atom stereocenters. The molecule has 0 radical (unpaired) electrons. The molecule has 144 valence electrons. The number of para-hydroxylation sites is 1. The lowest BCUT2D eigenvalue weighted by molar-refractivity contribution is -0.116. The van der Waals surface area contributed by atoms with Gasteiger partial charge in [-0.2, -0.15) is 0 Å². The van der Waals surface area contributed by atoms with Crippen LogP contribution in [-0.2, 0) is 27.5 Å². The van der Waals surface area contributed by atoms with Crippen molar-refractivity contribution in [2.45, 2.75) is 30.9 Å². The number of sulfone groups is 1. The van der Waals surface area contributed by atoms with E-state index in [9.17, 15) is 13.2 Å². The summed E-state index contributed by atoms with van der Waals surface area (Å²) in [6.45, 7) is 0.724. The van der Waals surface area contributed by atoms with Gasteiger partial charge >= 0.3 is 0 Å². The van der Waals surface area contributed by atoms with Gasteiger partial charge in [0, 0.05) is 18.7 Å². The number of anilines is 1. The van der Waals surface area contributed by atoms with E-state index in [1.165, 1.54) is 17.3 Å². The molecule has 3 heterocycles. The Kier molecular flexibility index (Phi) is 5.23. The van der Waals surface area contributed by atoms with Crippen LogP contribution in [-0.4, -0.2) is 48.3 Å². The highest BCUT2D eigenvalue weighted by atomic mass is 32.2. The highest BCUT2D eigenvalue weighted by molar-refractivity contribution is 7.99. The molecule has 0 saturated carbocycles. The minimum Gasteiger partial charge on any atom is -0.416 e. The number of fused-ring (bicyclic) bond motifs is 1. The van der Waals surface area contributed by atoms with Gasteiger partial charge in [0.15, 0.2) is 9.84 Å². The first-order chi connectivity index (χ1) is 13.0. The molecule has 1 saturated heterocycles. The van der Waals surface area contributed by atoms with Gasteiger partial charge in [0.25, 0.3) is 5.22 Å². The standard InChI is InChI=1S/C18H21N3O4S2/c22-17(21-8-3-5-14-4-1-2-6-15(14)21)11-26-18-20-19-16(25-18)10-13-7-9-27(23,24)12-13/h1-2,4,6,13H,3,5,7-12H2. The summed E-state index contributed by atoms with van der Waals surface area (Å²) >= 11 is 1.23. The van der Waals surface area contributed by atoms with Crippen LogP contribution in [0.25, 0.3) is 0 Å². The van der Waals surface area contributed by atoms with Crippen molar-refractivity contribution in [2.24, 2.45) is 5.92 Å². The van der Waals surface area contributed by atoms with Gasteiger partial charge in [0.05, 0.1) is 17.3 Å². The van der Waals surface area contributed by atoms with Crippen LogP contribution < -0.4 is 4.90 Å². The zero-order chi connectivity index (χ0) is 18.9. The summed E-state index contributed by atoms with van der Waals surface area (Å²) in [6.07, 6.45) is 3.07. The normalized spacial score (nSPS) is 21.2. The van der Waals surface area contributed by atoms with Crippen molar-refractivity contribution in [3.63, 3.8) is 0 Å². The molecular weight excluding hydrogens is 386 g/mol. The van der Waals surface area contributed by atoms with Crippen LogP contribution in [0.2, 0.25) is 0 Å². The predicted molar refractivity (Wildman–Crippen MR) is 103 cm³/mol. The Bertz CT molecular complexity index is 942. The van der Waals surface area contributed by atoms with Crippen LogP contribution in [0.3, 0.4) is 0 Å². The third-order valence-electron chi connectivity index (χ3n) is 4.97. The highest BCUT2D eigenvalue weighted by Crippen LogP contribution is 2.28. The van der Waals surface area contributed by atoms with Crippen LogP contribution >= 0.6 is 11.8 Å². The summed E-state index contributed by atoms with van der Waals surface area (Å²) in [7, 11) is -2.91. The van der Waals surface area contributed by atoms with Crippen LogP contribution in [0.15, 0.2) is 33.9 Å². The summed E-state index contributed by atoms with van der Waals surface area (Å²) < 4.78 is 28.7. The number of amides is 1. The third-order valence-corrected chi connectivity index (χ3v) is 7.61. The van der Waals surface area contributed by atoms with Gasteiger partial charge in [-0.3, -0.25) is 4.79 Å². The maximum Gasteiger partial charge on any atom is 0.277 e. The van der Waals surface area contributed by atoms with Gasteiger partial charge in [0.2, 0.25) is 11.8 Å². The number of aromatic nitrogens is 2. The van der Waals surface area contributed by atoms with Gasteiger partial charge in [0.1, 0.15) is 0 Å². The monoisotopic (exact) mass is 407 g/mol. The van der Waals surface area contributed by atoms with E-state index in [0.29, 0.717) is 24.0 Å². The van der Waals surface area contributed by atoms with E-state index in [-0.39, 0.29) is 29.1 Å². The van der Waals surface area contributed by atoms with Crippen LogP contribution in [0.1, 0.15) is 24.3 Å². The molecule has 9 heteroatoms. The largest absolute Gasteiger partial charge is 0.416 e. The molecule has 2 aliphatic rings. The van der Waals surface area contributed by atoms with Gasteiger partial charge in [-0.1, -0.05) is 30.0 Å². The van der Waals surface area contributed by atoms with Gasteiger partial charge in [-0.05, 0) is 36.8 Å². The molecule has 7 nitrogen and oxygen atoms in total. The summed E-state index contributed by atoms with van der Waals surface area (Å²) in [5.41, 5.74) is 2.19. The number of thioether (sulfide) groups is 1. The third kappa shape index (κ3) is 4.35. The van der Waals surface area contributed by atoms with E-state index < -0.39 is 9.84 Å². The van der Waals surface area contributed by atoms with Crippen molar-refractivity contribution in [2.75, 3.05) is 28.7 Å². The molecule has 1 aromatic heterocycles. The number of carbonyl (C=O) groups is 1. The van der Waals surface area contributed by atoms with Crippen molar-refractivity contribution >= 4 is 33.2 Å². The van der Waals surface area contributed by atoms with Crippen molar-refractivity contribution in [1.29, 1.82) is 0 Å². The maximum atomic E-state index is 12.6. The van der Waals surface area contributed by atoms with Crippen LogP contribution in [0.4, 0.5) is 5.69 Å². The predicted octanol–water partition coefficient (Wildman–Crippen LogP) is 2.12. The molecular formula is C18H21N3O4S2. The number of rotatable bonds is 5. The lowest BCUT2D eigenvalue weighted by Gasteiger charge is -2.29. The average molecular weight is 408 g/mol. The fraction of sp³-hybridized carbons (Fsp3) is 0.500. The summed E-state index contributed by atoms with van der Waals surface area (Å²) in [5, 5.41) is 8.33. The van der Waals surface area contributed by atoms with Crippen LogP contribution in [0, 0.1) is 5.92 Å². The number of aryl methyl sites for hydroxylation is 1. The van der Waals surface area contributed by atoms with Crippen LogP contribution in [0.5, 0.6) is 0 Å². The smallest absolute Gasteiger partial charge is 0.277 e. The molecule has 4 rings (SSSR count). The van der Waals surface area contributed by atoms with Crippen molar-refractivity contribution in [1.82, 2.24) is 10.2 Å². The first-order valence-corrected chi connectivity index (χ1v) is 11.8. The number of hydrogen-bond acceptors (Lipinski definition) is 7. The zero-order valence-corrected chi connectivity index (χ0v) is 16.5. The quantitative estimate of drug-likeness (QED) is 0.701. The second kappa shape index (κ2) is 7.63. The SMILES string of the molecule is O=C(CSc1nnc(CC2CCS(=O)(=O)C2)o1)N1CCCc2ccccc21. The Labute approximate surface area is 162 Å². The van der Waals surface area contributed by atoms with Crippen molar-refractivity contribution in [3.8, 4) is 0 Å². The minimum atomic E-state index is -2.91. The number of hydrogen-bond donors (Lipinski definition) is 0. The maximum absolute atomic E-state index is 12.6. The van der Waals surface area contributed by atoms with Gasteiger partial charge in [-0.25, -0.2) is 8.42 Å². The fourth-order valence-corrected chi connectivity index (χ4v) is 6.17. The van der Waals surface area contributed by atoms with E-state index in [2.05, 4.69) is 16.3 Å². The molecule has 2 aliphatic heterocycles. The topological polar surface area (TPSA) is 93.4 Å². The van der Waals surface area contributed by atoms with E-state index >= 15 is 0 Å². The highest BCUT2D eigenvalue weighted by Gasteiger charge is 2.29. The summed E-state index contributed by atoms with van der Waals surface area (Å²) in [5.74, 6) is 1.15. The van der Waals surface area contributed by atoms with E-state index in [1.54, 1.807) is 0 Å². The molecule has 0 N–H and O–H groups in total. The first kappa shape index (κ1) is 18.5. The summed E-state index contributed by atoms with van der Waals surface area (Å²) in [6, 6.07) is 8.00. The Morgan fingerprint density at radius 2 is 2.15 bits per heavy atom. The molecule has 2 aromatic rings. The Morgan fingerprint density at radius 3 is 2.96 bits per heavy atom. The second-order valence-electron chi connectivity index (χ2n) is 7.00. The summed E-state index contributed by atoms with van der Waals surface area (Å²) in [4.78, 5) is 14.5. The van der Waals surface area contributed by atoms with Crippen molar-refractivity contribution < 1.29 is 17.6 Å². The fourth-order valence-electron chi connectivity index (χ4n) is 3.65. The lowest BCUT2D eigenvalue weighted by Crippen LogP contribution is -2.36. The number of benzene rings is 1. The molecule has 1 amide bonds. The van der Waals surface area contributed by atoms with E-state index in [4.69, 9.17) is 4.42 Å². The van der Waals surface area contributed by atoms with E-state index in [0.717, 1.165) is 25.1 Å². The van der Waals surface area contributed by atoms with Gasteiger partial charge in [-0.15, -0.1) is 10.2 Å². The van der Waals surface area contributed by atoms with Gasteiger partial charge < -0.3 is 9.32 Å². The average Bonchev–Trinajstić information content (AvgIpc) is 3.25. The Hall–Kier alpha value is -1.87. The lowest BCUT2D eigenvalue weighted by atomic mass is 10.0. The molecule has 1 unspecified atom stereocenters. The second-order valence-corrected chi connectivity index (χ2v) is 10.2. The number of nitrogens with zero attached hydrogens (tertiary/aromatic N) is 3. The molecule has 1 aromatic carbocycles. The Morgan fingerprint density at radius 1 is 1.30 bits per heavy atom. The molecule has 0 aliphatic carbocycles. The minimum absolute atomic E-state index is 0.0220. The number of carbonyl (C=O) groups excluding carboxylic acids is 1. The molecule has 1 fully saturated rings. The van der Waals surface area contributed by atoms with Crippen molar-refractivity contribution in [3.05, 3.63) is 35.7 Å². The zero-order valence-electron chi connectivity index (χ0n) is 14.8. The molecule has 0 spiro atoms.